The van der Waals surface area contributed by atoms with Crippen LogP contribution in [0.4, 0.5) is 0 Å². The van der Waals surface area contributed by atoms with Gasteiger partial charge in [0.15, 0.2) is 0 Å². The van der Waals surface area contributed by atoms with Gasteiger partial charge >= 0.3 is 0 Å². The molecule has 0 aliphatic carbocycles. The van der Waals surface area contributed by atoms with Crippen molar-refractivity contribution in [3.05, 3.63) is 100 Å². The normalized spacial score (nSPS) is 12.7. The fraction of sp³-hybridized carbons (Fsp3) is 0.323. The lowest BCUT2D eigenvalue weighted by atomic mass is 9.87. The van der Waals surface area contributed by atoms with Gasteiger partial charge in [-0.3, -0.25) is 9.59 Å². The van der Waals surface area contributed by atoms with Crippen molar-refractivity contribution in [2.45, 2.75) is 66.2 Å². The Morgan fingerprint density at radius 2 is 0.947 bits per heavy atom. The third-order valence-corrected chi connectivity index (χ3v) is 6.17. The summed E-state index contributed by atoms with van der Waals surface area (Å²) in [7, 11) is 0. The first-order valence-corrected chi connectivity index (χ1v) is 12.6. The minimum atomic E-state index is -0.294. The first-order chi connectivity index (χ1) is 17.8. The van der Waals surface area contributed by atoms with Gasteiger partial charge in [-0.05, 0) is 72.2 Å². The summed E-state index contributed by atoms with van der Waals surface area (Å²) in [5, 5.41) is 8.45. The second kappa shape index (κ2) is 11.5. The van der Waals surface area contributed by atoms with E-state index in [2.05, 4.69) is 67.6 Å². The number of hydrazone groups is 2. The Labute approximate surface area is 225 Å². The summed E-state index contributed by atoms with van der Waals surface area (Å²) in [6, 6.07) is 20.5. The van der Waals surface area contributed by atoms with Gasteiger partial charge in [0.05, 0.1) is 22.8 Å². The van der Waals surface area contributed by atoms with Crippen molar-refractivity contribution in [1.82, 2.24) is 15.8 Å². The highest BCUT2D eigenvalue weighted by molar-refractivity contribution is 6.02. The lowest BCUT2D eigenvalue weighted by Gasteiger charge is -2.18. The van der Waals surface area contributed by atoms with E-state index in [-0.39, 0.29) is 22.6 Å². The molecule has 0 radical (unpaired) electrons. The average Bonchev–Trinajstić information content (AvgIpc) is 2.89. The van der Waals surface area contributed by atoms with E-state index in [1.165, 1.54) is 0 Å². The van der Waals surface area contributed by atoms with E-state index in [9.17, 15) is 9.59 Å². The zero-order valence-electron chi connectivity index (χ0n) is 23.5. The molecule has 0 saturated heterocycles. The maximum atomic E-state index is 12.6. The number of amides is 2. The first-order valence-electron chi connectivity index (χ1n) is 12.6. The van der Waals surface area contributed by atoms with Crippen molar-refractivity contribution in [2.24, 2.45) is 10.2 Å². The summed E-state index contributed by atoms with van der Waals surface area (Å²) >= 11 is 0. The van der Waals surface area contributed by atoms with E-state index in [0.717, 1.165) is 11.1 Å². The maximum Gasteiger partial charge on any atom is 0.271 e. The van der Waals surface area contributed by atoms with Gasteiger partial charge in [0.1, 0.15) is 0 Å². The minimum absolute atomic E-state index is 0.0162. The lowest BCUT2D eigenvalue weighted by Crippen LogP contribution is -2.21. The monoisotopic (exact) mass is 511 g/mol. The molecule has 1 aromatic heterocycles. The standard InChI is InChI=1S/C31H37N5O2/c1-20(33-35-28(37)22-12-16-24(17-13-22)30(3,4)5)26-10-9-11-27(32-26)21(2)34-36-29(38)23-14-18-25(19-15-23)31(6,7)8/h9-19H,1-8H3,(H,35,37)(H,36,38)/b33-20+,34-21+. The van der Waals surface area contributed by atoms with Crippen LogP contribution in [0, 0.1) is 0 Å². The Balaban J connectivity index is 1.66. The van der Waals surface area contributed by atoms with Crippen molar-refractivity contribution in [2.75, 3.05) is 0 Å². The number of rotatable bonds is 6. The molecule has 38 heavy (non-hydrogen) atoms. The predicted octanol–water partition coefficient (Wildman–Crippen LogP) is 5.98. The average molecular weight is 512 g/mol. The molecule has 0 atom stereocenters. The molecule has 0 aliphatic rings. The van der Waals surface area contributed by atoms with Crippen molar-refractivity contribution in [3.8, 4) is 0 Å². The quantitative estimate of drug-likeness (QED) is 0.315. The zero-order chi connectivity index (χ0) is 28.1. The number of nitrogens with one attached hydrogen (secondary N) is 2. The van der Waals surface area contributed by atoms with E-state index < -0.39 is 0 Å². The van der Waals surface area contributed by atoms with E-state index in [0.29, 0.717) is 33.9 Å². The molecule has 0 spiro atoms. The molecule has 0 bridgehead atoms. The number of hydrogen-bond acceptors (Lipinski definition) is 5. The van der Waals surface area contributed by atoms with Gasteiger partial charge in [0.25, 0.3) is 11.8 Å². The van der Waals surface area contributed by atoms with Crippen LogP contribution >= 0.6 is 0 Å². The van der Waals surface area contributed by atoms with Crippen LogP contribution in [0.25, 0.3) is 0 Å². The summed E-state index contributed by atoms with van der Waals surface area (Å²) in [6.45, 7) is 16.3. The van der Waals surface area contributed by atoms with Crippen molar-refractivity contribution >= 4 is 23.2 Å². The van der Waals surface area contributed by atoms with Crippen molar-refractivity contribution in [1.29, 1.82) is 0 Å². The van der Waals surface area contributed by atoms with Gasteiger partial charge in [0, 0.05) is 11.1 Å². The van der Waals surface area contributed by atoms with Crippen LogP contribution in [-0.4, -0.2) is 28.2 Å². The highest BCUT2D eigenvalue weighted by Crippen LogP contribution is 2.23. The van der Waals surface area contributed by atoms with Crippen LogP contribution < -0.4 is 10.9 Å². The predicted molar refractivity (Wildman–Crippen MR) is 154 cm³/mol. The number of benzene rings is 2. The van der Waals surface area contributed by atoms with Crippen molar-refractivity contribution in [3.63, 3.8) is 0 Å². The SMILES string of the molecule is C/C(=N\NC(=O)c1ccc(C(C)(C)C)cc1)c1cccc(/C(C)=N/NC(=O)c2ccc(C(C)(C)C)cc2)n1. The van der Waals surface area contributed by atoms with E-state index >= 15 is 0 Å². The fourth-order valence-electron chi connectivity index (χ4n) is 3.59. The molecule has 7 nitrogen and oxygen atoms in total. The second-order valence-electron chi connectivity index (χ2n) is 11.3. The smallest absolute Gasteiger partial charge is 0.267 e. The van der Waals surface area contributed by atoms with Crippen LogP contribution in [0.3, 0.4) is 0 Å². The highest BCUT2D eigenvalue weighted by Gasteiger charge is 2.15. The Bertz CT molecular complexity index is 1250. The first kappa shape index (κ1) is 28.4. The Kier molecular flexibility index (Phi) is 8.61. The molecule has 0 unspecified atom stereocenters. The van der Waals surface area contributed by atoms with Crippen LogP contribution in [0.15, 0.2) is 76.9 Å². The molecule has 7 heteroatoms. The fourth-order valence-corrected chi connectivity index (χ4v) is 3.59. The number of carbonyl (C=O) groups is 2. The lowest BCUT2D eigenvalue weighted by molar-refractivity contribution is 0.0947. The third kappa shape index (κ3) is 7.44. The van der Waals surface area contributed by atoms with Crippen LogP contribution in [0.5, 0.6) is 0 Å². The molecule has 2 aromatic carbocycles. The number of aromatic nitrogens is 1. The molecule has 3 aromatic rings. The third-order valence-electron chi connectivity index (χ3n) is 6.17. The topological polar surface area (TPSA) is 95.8 Å². The molecule has 198 valence electrons. The summed E-state index contributed by atoms with van der Waals surface area (Å²) in [5.74, 6) is -0.589. The van der Waals surface area contributed by atoms with E-state index in [1.807, 2.05) is 30.3 Å². The minimum Gasteiger partial charge on any atom is -0.267 e. The van der Waals surface area contributed by atoms with Gasteiger partial charge < -0.3 is 0 Å². The van der Waals surface area contributed by atoms with Crippen LogP contribution in [0.2, 0.25) is 0 Å². The van der Waals surface area contributed by atoms with Gasteiger partial charge in [-0.2, -0.15) is 10.2 Å². The summed E-state index contributed by atoms with van der Waals surface area (Å²) < 4.78 is 0. The number of pyridine rings is 1. The van der Waals surface area contributed by atoms with Gasteiger partial charge in [-0.25, -0.2) is 15.8 Å². The van der Waals surface area contributed by atoms with E-state index in [1.54, 1.807) is 50.2 Å². The molecule has 0 aliphatic heterocycles. The number of nitrogens with zero attached hydrogens (tertiary/aromatic N) is 3. The van der Waals surface area contributed by atoms with Gasteiger partial charge in [-0.15, -0.1) is 0 Å². The molecule has 0 fully saturated rings. The summed E-state index contributed by atoms with van der Waals surface area (Å²) in [5.41, 5.74) is 10.9. The Hall–Kier alpha value is -4.13. The zero-order valence-corrected chi connectivity index (χ0v) is 23.5. The summed E-state index contributed by atoms with van der Waals surface area (Å²) in [6.07, 6.45) is 0. The molecule has 2 amide bonds. The molecule has 1 heterocycles. The Morgan fingerprint density at radius 1 is 0.605 bits per heavy atom. The summed E-state index contributed by atoms with van der Waals surface area (Å²) in [4.78, 5) is 29.7. The maximum absolute atomic E-state index is 12.6. The Morgan fingerprint density at radius 3 is 1.26 bits per heavy atom. The van der Waals surface area contributed by atoms with Gasteiger partial charge in [-0.1, -0.05) is 71.9 Å². The molecular formula is C31H37N5O2. The number of hydrogen-bond donors (Lipinski definition) is 2. The molecule has 3 rings (SSSR count). The largest absolute Gasteiger partial charge is 0.271 e. The van der Waals surface area contributed by atoms with Crippen LogP contribution in [-0.2, 0) is 10.8 Å². The van der Waals surface area contributed by atoms with Gasteiger partial charge in [0.2, 0.25) is 0 Å². The van der Waals surface area contributed by atoms with E-state index in [4.69, 9.17) is 0 Å². The molecular weight excluding hydrogens is 474 g/mol. The second-order valence-corrected chi connectivity index (χ2v) is 11.3. The van der Waals surface area contributed by atoms with Crippen LogP contribution in [0.1, 0.15) is 98.6 Å². The van der Waals surface area contributed by atoms with Crippen molar-refractivity contribution < 1.29 is 9.59 Å². The highest BCUT2D eigenvalue weighted by atomic mass is 16.2. The molecule has 0 saturated carbocycles. The number of carbonyl (C=O) groups excluding carboxylic acids is 2. The molecule has 2 N–H and O–H groups in total.